The van der Waals surface area contributed by atoms with Crippen molar-refractivity contribution in [2.75, 3.05) is 0 Å². The number of Topliss-reactive ketones (excluding diaryl/α,β-unsaturated/α-hetero) is 1. The smallest absolute Gasteiger partial charge is 0.269 e. The van der Waals surface area contributed by atoms with E-state index in [4.69, 9.17) is 0 Å². The highest BCUT2D eigenvalue weighted by Crippen LogP contribution is 2.26. The molecule has 0 amide bonds. The number of nitro benzene ring substituents is 1. The molecule has 0 saturated heterocycles. The zero-order valence-electron chi connectivity index (χ0n) is 13.7. The number of benzene rings is 1. The van der Waals surface area contributed by atoms with E-state index in [0.29, 0.717) is 11.4 Å². The molecule has 5 heteroatoms. The van der Waals surface area contributed by atoms with E-state index in [0.717, 1.165) is 11.1 Å². The van der Waals surface area contributed by atoms with Crippen molar-refractivity contribution in [3.05, 3.63) is 57.7 Å². The number of hydrogen-bond acceptors (Lipinski definition) is 4. The maximum absolute atomic E-state index is 12.5. The van der Waals surface area contributed by atoms with E-state index >= 15 is 0 Å². The van der Waals surface area contributed by atoms with Crippen LogP contribution in [0.15, 0.2) is 52.6 Å². The van der Waals surface area contributed by atoms with Gasteiger partial charge in [0.15, 0.2) is 5.78 Å². The molecule has 0 aliphatic heterocycles. The number of carbonyl (C=O) groups excluding carboxylic acids is 1. The van der Waals surface area contributed by atoms with Crippen LogP contribution in [0.4, 0.5) is 11.4 Å². The highest BCUT2D eigenvalue weighted by molar-refractivity contribution is 6.22. The topological polar surface area (TPSA) is 72.6 Å². The first-order chi connectivity index (χ1) is 10.8. The standard InChI is InChI=1S/C18H20N2O3/c1-11(2)16-9-14(10-17(12(3)4)18(16)21)19-13-5-7-15(8-6-13)20(22)23/h5-12H,1-4H3. The Kier molecular flexibility index (Phi) is 4.89. The minimum atomic E-state index is -0.441. The summed E-state index contributed by atoms with van der Waals surface area (Å²) in [6, 6.07) is 6.06. The first-order valence-corrected chi connectivity index (χ1v) is 7.60. The van der Waals surface area contributed by atoms with Gasteiger partial charge in [-0.3, -0.25) is 14.9 Å². The van der Waals surface area contributed by atoms with Crippen LogP contribution in [0.3, 0.4) is 0 Å². The molecule has 0 saturated carbocycles. The molecule has 5 nitrogen and oxygen atoms in total. The van der Waals surface area contributed by atoms with Crippen molar-refractivity contribution >= 4 is 22.9 Å². The third kappa shape index (κ3) is 3.80. The van der Waals surface area contributed by atoms with Crippen molar-refractivity contribution in [3.63, 3.8) is 0 Å². The normalized spacial score (nSPS) is 14.9. The van der Waals surface area contributed by atoms with E-state index in [-0.39, 0.29) is 23.3 Å². The van der Waals surface area contributed by atoms with E-state index in [1.807, 2.05) is 27.7 Å². The second-order valence-corrected chi connectivity index (χ2v) is 6.15. The Morgan fingerprint density at radius 2 is 1.43 bits per heavy atom. The summed E-state index contributed by atoms with van der Waals surface area (Å²) < 4.78 is 0. The van der Waals surface area contributed by atoms with Gasteiger partial charge in [0.2, 0.25) is 0 Å². The molecular weight excluding hydrogens is 292 g/mol. The Morgan fingerprint density at radius 1 is 0.957 bits per heavy atom. The van der Waals surface area contributed by atoms with Crippen molar-refractivity contribution in [1.29, 1.82) is 0 Å². The van der Waals surface area contributed by atoms with Gasteiger partial charge >= 0.3 is 0 Å². The van der Waals surface area contributed by atoms with E-state index < -0.39 is 4.92 Å². The molecule has 2 rings (SSSR count). The summed E-state index contributed by atoms with van der Waals surface area (Å²) in [7, 11) is 0. The monoisotopic (exact) mass is 312 g/mol. The van der Waals surface area contributed by atoms with Crippen molar-refractivity contribution in [3.8, 4) is 0 Å². The maximum Gasteiger partial charge on any atom is 0.269 e. The lowest BCUT2D eigenvalue weighted by molar-refractivity contribution is -0.384. The number of nitrogens with zero attached hydrogens (tertiary/aromatic N) is 2. The van der Waals surface area contributed by atoms with Gasteiger partial charge in [0.25, 0.3) is 5.69 Å². The predicted molar refractivity (Wildman–Crippen MR) is 91.0 cm³/mol. The SMILES string of the molecule is CC(C)C1=CC(=Nc2ccc([N+](=O)[O-])cc2)C=C(C(C)C)C1=O. The Hall–Kier alpha value is -2.56. The summed E-state index contributed by atoms with van der Waals surface area (Å²) in [6.07, 6.45) is 3.61. The van der Waals surface area contributed by atoms with Crippen LogP contribution in [-0.2, 0) is 4.79 Å². The minimum Gasteiger partial charge on any atom is -0.289 e. The summed E-state index contributed by atoms with van der Waals surface area (Å²) in [5.41, 5.74) is 2.85. The van der Waals surface area contributed by atoms with Crippen molar-refractivity contribution in [1.82, 2.24) is 0 Å². The fourth-order valence-electron chi connectivity index (χ4n) is 2.38. The Bertz CT molecular complexity index is 693. The Balaban J connectivity index is 2.42. The van der Waals surface area contributed by atoms with Gasteiger partial charge < -0.3 is 0 Å². The fraction of sp³-hybridized carbons (Fsp3) is 0.333. The number of aliphatic imine (C=N–C) groups is 1. The number of nitro groups is 1. The molecule has 120 valence electrons. The molecule has 0 N–H and O–H groups in total. The molecule has 1 aromatic rings. The molecule has 0 radical (unpaired) electrons. The molecule has 0 aromatic heterocycles. The highest BCUT2D eigenvalue weighted by Gasteiger charge is 2.24. The summed E-state index contributed by atoms with van der Waals surface area (Å²) >= 11 is 0. The van der Waals surface area contributed by atoms with Gasteiger partial charge in [-0.1, -0.05) is 27.7 Å². The molecular formula is C18H20N2O3. The van der Waals surface area contributed by atoms with Crippen LogP contribution >= 0.6 is 0 Å². The van der Waals surface area contributed by atoms with Crippen LogP contribution in [0, 0.1) is 22.0 Å². The minimum absolute atomic E-state index is 0.0320. The lowest BCUT2D eigenvalue weighted by atomic mass is 9.84. The number of non-ortho nitro benzene ring substituents is 1. The maximum atomic E-state index is 12.5. The first-order valence-electron chi connectivity index (χ1n) is 7.60. The Morgan fingerprint density at radius 3 is 1.83 bits per heavy atom. The van der Waals surface area contributed by atoms with Gasteiger partial charge in [0.1, 0.15) is 0 Å². The second kappa shape index (κ2) is 6.69. The lowest BCUT2D eigenvalue weighted by Crippen LogP contribution is -2.20. The summed E-state index contributed by atoms with van der Waals surface area (Å²) in [4.78, 5) is 27.2. The van der Waals surface area contributed by atoms with E-state index in [1.165, 1.54) is 12.1 Å². The fourth-order valence-corrected chi connectivity index (χ4v) is 2.38. The zero-order valence-corrected chi connectivity index (χ0v) is 13.7. The van der Waals surface area contributed by atoms with Gasteiger partial charge in [-0.05, 0) is 36.1 Å². The lowest BCUT2D eigenvalue weighted by Gasteiger charge is -2.20. The van der Waals surface area contributed by atoms with Crippen molar-refractivity contribution in [2.24, 2.45) is 16.8 Å². The quantitative estimate of drug-likeness (QED) is 0.469. The van der Waals surface area contributed by atoms with Gasteiger partial charge in [0, 0.05) is 23.3 Å². The molecule has 0 spiro atoms. The zero-order chi connectivity index (χ0) is 17.1. The van der Waals surface area contributed by atoms with Crippen LogP contribution in [0.2, 0.25) is 0 Å². The number of hydrogen-bond donors (Lipinski definition) is 0. The highest BCUT2D eigenvalue weighted by atomic mass is 16.6. The molecule has 0 fully saturated rings. The van der Waals surface area contributed by atoms with Gasteiger partial charge in [0.05, 0.1) is 16.3 Å². The Labute approximate surface area is 135 Å². The van der Waals surface area contributed by atoms with Gasteiger partial charge in [-0.25, -0.2) is 4.99 Å². The van der Waals surface area contributed by atoms with Crippen LogP contribution in [0.25, 0.3) is 0 Å². The largest absolute Gasteiger partial charge is 0.289 e. The number of ketones is 1. The number of rotatable bonds is 4. The summed E-state index contributed by atoms with van der Waals surface area (Å²) in [6.45, 7) is 7.93. The molecule has 0 heterocycles. The average Bonchev–Trinajstić information content (AvgIpc) is 2.48. The molecule has 0 unspecified atom stereocenters. The molecule has 0 atom stereocenters. The van der Waals surface area contributed by atoms with Crippen LogP contribution < -0.4 is 0 Å². The average molecular weight is 312 g/mol. The second-order valence-electron chi connectivity index (χ2n) is 6.15. The third-order valence-electron chi connectivity index (χ3n) is 3.69. The number of allylic oxidation sites excluding steroid dienone is 4. The van der Waals surface area contributed by atoms with Crippen LogP contribution in [0.5, 0.6) is 0 Å². The predicted octanol–water partition coefficient (Wildman–Crippen LogP) is 4.41. The van der Waals surface area contributed by atoms with Crippen LogP contribution in [-0.4, -0.2) is 16.4 Å². The molecule has 0 bridgehead atoms. The molecule has 1 aliphatic rings. The van der Waals surface area contributed by atoms with E-state index in [9.17, 15) is 14.9 Å². The van der Waals surface area contributed by atoms with E-state index in [1.54, 1.807) is 24.3 Å². The third-order valence-corrected chi connectivity index (χ3v) is 3.69. The van der Waals surface area contributed by atoms with Crippen molar-refractivity contribution < 1.29 is 9.72 Å². The first kappa shape index (κ1) is 16.8. The molecule has 1 aliphatic carbocycles. The van der Waals surface area contributed by atoms with E-state index in [2.05, 4.69) is 4.99 Å². The molecule has 23 heavy (non-hydrogen) atoms. The molecule has 1 aromatic carbocycles. The van der Waals surface area contributed by atoms with Gasteiger partial charge in [-0.2, -0.15) is 0 Å². The van der Waals surface area contributed by atoms with Crippen molar-refractivity contribution in [2.45, 2.75) is 27.7 Å². The van der Waals surface area contributed by atoms with Gasteiger partial charge in [-0.15, -0.1) is 0 Å². The number of carbonyl (C=O) groups is 1. The summed E-state index contributed by atoms with van der Waals surface area (Å²) in [5.74, 6) is 0.316. The summed E-state index contributed by atoms with van der Waals surface area (Å²) in [5, 5.41) is 10.7. The van der Waals surface area contributed by atoms with Crippen LogP contribution in [0.1, 0.15) is 27.7 Å².